The highest BCUT2D eigenvalue weighted by Gasteiger charge is 2.28. The van der Waals surface area contributed by atoms with Crippen molar-refractivity contribution in [1.82, 2.24) is 9.88 Å². The van der Waals surface area contributed by atoms with Gasteiger partial charge in [0.1, 0.15) is 11.9 Å². The first-order valence-electron chi connectivity index (χ1n) is 7.06. The van der Waals surface area contributed by atoms with Crippen molar-refractivity contribution in [3.8, 4) is 6.07 Å². The largest absolute Gasteiger partial charge is 0.379 e. The Morgan fingerprint density at radius 3 is 2.77 bits per heavy atom. The van der Waals surface area contributed by atoms with Crippen LogP contribution in [0.2, 0.25) is 0 Å². The number of hydrogen-bond donors (Lipinski definition) is 1. The molecule has 2 heterocycles. The molecule has 1 aliphatic heterocycles. The summed E-state index contributed by atoms with van der Waals surface area (Å²) in [6.45, 7) is 8.01. The van der Waals surface area contributed by atoms with Gasteiger partial charge in [0, 0.05) is 31.2 Å². The second-order valence-electron chi connectivity index (χ2n) is 5.70. The normalized spacial score (nSPS) is 16.0. The predicted octanol–water partition coefficient (Wildman–Crippen LogP) is 1.38. The van der Waals surface area contributed by atoms with Gasteiger partial charge in [-0.1, -0.05) is 0 Å². The molecule has 0 bridgehead atoms. The summed E-state index contributed by atoms with van der Waals surface area (Å²) in [4.78, 5) is 16.5. The second-order valence-corrected chi connectivity index (χ2v) is 5.70. The van der Waals surface area contributed by atoms with Crippen molar-refractivity contribution in [2.24, 2.45) is 0 Å². The first-order chi connectivity index (χ1) is 10.4. The number of pyridine rings is 1. The number of hydrogen-bond acceptors (Lipinski definition) is 7. The SMILES string of the molecule is CC(C)(CNc1ccc([N+](=O)[O-])c(C#N)n1)N1CCOCC1. The molecule has 0 aromatic carbocycles. The minimum Gasteiger partial charge on any atom is -0.379 e. The fourth-order valence-electron chi connectivity index (χ4n) is 2.37. The van der Waals surface area contributed by atoms with Crippen molar-refractivity contribution in [3.63, 3.8) is 0 Å². The number of nitro groups is 1. The fraction of sp³-hybridized carbons (Fsp3) is 0.571. The van der Waals surface area contributed by atoms with Crippen LogP contribution < -0.4 is 5.32 Å². The summed E-state index contributed by atoms with van der Waals surface area (Å²) in [5.74, 6) is 0.462. The lowest BCUT2D eigenvalue weighted by molar-refractivity contribution is -0.385. The molecule has 8 nitrogen and oxygen atoms in total. The third-order valence-electron chi connectivity index (χ3n) is 3.75. The summed E-state index contributed by atoms with van der Waals surface area (Å²) in [5.41, 5.74) is -0.570. The lowest BCUT2D eigenvalue weighted by Gasteiger charge is -2.41. The molecule has 1 fully saturated rings. The predicted molar refractivity (Wildman–Crippen MR) is 80.6 cm³/mol. The third-order valence-corrected chi connectivity index (χ3v) is 3.75. The highest BCUT2D eigenvalue weighted by atomic mass is 16.6. The highest BCUT2D eigenvalue weighted by molar-refractivity contribution is 5.50. The van der Waals surface area contributed by atoms with Gasteiger partial charge in [-0.25, -0.2) is 4.98 Å². The van der Waals surface area contributed by atoms with Gasteiger partial charge in [0.25, 0.3) is 0 Å². The van der Waals surface area contributed by atoms with E-state index in [-0.39, 0.29) is 16.9 Å². The summed E-state index contributed by atoms with van der Waals surface area (Å²) in [6.07, 6.45) is 0. The molecule has 1 N–H and O–H groups in total. The molecule has 0 spiro atoms. The molecule has 1 aliphatic rings. The maximum Gasteiger partial charge on any atom is 0.305 e. The average molecular weight is 305 g/mol. The van der Waals surface area contributed by atoms with E-state index in [0.717, 1.165) is 26.3 Å². The minimum absolute atomic E-state index is 0.111. The van der Waals surface area contributed by atoms with Crippen molar-refractivity contribution in [2.75, 3.05) is 38.2 Å². The van der Waals surface area contributed by atoms with E-state index in [1.165, 1.54) is 12.1 Å². The zero-order chi connectivity index (χ0) is 16.2. The number of anilines is 1. The van der Waals surface area contributed by atoms with Crippen LogP contribution in [0.25, 0.3) is 0 Å². The van der Waals surface area contributed by atoms with Crippen LogP contribution in [0.4, 0.5) is 11.5 Å². The number of nitriles is 1. The van der Waals surface area contributed by atoms with E-state index in [2.05, 4.69) is 29.0 Å². The number of morpholine rings is 1. The smallest absolute Gasteiger partial charge is 0.305 e. The van der Waals surface area contributed by atoms with E-state index in [9.17, 15) is 10.1 Å². The van der Waals surface area contributed by atoms with Gasteiger partial charge in [-0.15, -0.1) is 0 Å². The Morgan fingerprint density at radius 1 is 1.50 bits per heavy atom. The van der Waals surface area contributed by atoms with Gasteiger partial charge in [0.15, 0.2) is 0 Å². The van der Waals surface area contributed by atoms with Crippen molar-refractivity contribution in [3.05, 3.63) is 27.9 Å². The van der Waals surface area contributed by atoms with E-state index in [1.54, 1.807) is 6.07 Å². The van der Waals surface area contributed by atoms with E-state index in [4.69, 9.17) is 10.00 Å². The van der Waals surface area contributed by atoms with E-state index in [1.807, 2.05) is 0 Å². The molecular formula is C14H19N5O3. The van der Waals surface area contributed by atoms with Crippen molar-refractivity contribution in [1.29, 1.82) is 5.26 Å². The Bertz CT molecular complexity index is 591. The lowest BCUT2D eigenvalue weighted by atomic mass is 10.0. The molecule has 0 amide bonds. The molecule has 1 saturated heterocycles. The highest BCUT2D eigenvalue weighted by Crippen LogP contribution is 2.20. The molecule has 8 heteroatoms. The van der Waals surface area contributed by atoms with Crippen LogP contribution in [0.1, 0.15) is 19.5 Å². The number of nitrogens with one attached hydrogen (secondary N) is 1. The van der Waals surface area contributed by atoms with Crippen LogP contribution in [0.15, 0.2) is 12.1 Å². The molecule has 0 aliphatic carbocycles. The Balaban J connectivity index is 2.04. The van der Waals surface area contributed by atoms with Crippen LogP contribution >= 0.6 is 0 Å². The monoisotopic (exact) mass is 305 g/mol. The molecule has 0 atom stereocenters. The van der Waals surface area contributed by atoms with E-state index in [0.29, 0.717) is 12.4 Å². The second kappa shape index (κ2) is 6.68. The van der Waals surface area contributed by atoms with E-state index >= 15 is 0 Å². The Morgan fingerprint density at radius 2 is 2.18 bits per heavy atom. The summed E-state index contributed by atoms with van der Waals surface area (Å²) >= 11 is 0. The molecule has 0 radical (unpaired) electrons. The van der Waals surface area contributed by atoms with Crippen LogP contribution in [-0.4, -0.2) is 53.2 Å². The van der Waals surface area contributed by atoms with Crippen LogP contribution in [0, 0.1) is 21.4 Å². The number of ether oxygens (including phenoxy) is 1. The van der Waals surface area contributed by atoms with E-state index < -0.39 is 4.92 Å². The Hall–Kier alpha value is -2.24. The van der Waals surface area contributed by atoms with Crippen LogP contribution in [-0.2, 0) is 4.74 Å². The molecule has 0 unspecified atom stereocenters. The van der Waals surface area contributed by atoms with Crippen LogP contribution in [0.3, 0.4) is 0 Å². The van der Waals surface area contributed by atoms with Crippen molar-refractivity contribution in [2.45, 2.75) is 19.4 Å². The molecule has 1 aromatic heterocycles. The third kappa shape index (κ3) is 3.69. The molecule has 22 heavy (non-hydrogen) atoms. The van der Waals surface area contributed by atoms with Gasteiger partial charge in [-0.05, 0) is 19.9 Å². The minimum atomic E-state index is -0.604. The molecule has 118 valence electrons. The number of nitrogens with zero attached hydrogens (tertiary/aromatic N) is 4. The fourth-order valence-corrected chi connectivity index (χ4v) is 2.37. The number of aromatic nitrogens is 1. The summed E-state index contributed by atoms with van der Waals surface area (Å²) in [7, 11) is 0. The molecular weight excluding hydrogens is 286 g/mol. The van der Waals surface area contributed by atoms with Gasteiger partial charge in [-0.3, -0.25) is 15.0 Å². The topological polar surface area (TPSA) is 104 Å². The summed E-state index contributed by atoms with van der Waals surface area (Å²) < 4.78 is 5.35. The Labute approximate surface area is 128 Å². The average Bonchev–Trinajstić information content (AvgIpc) is 2.53. The first-order valence-corrected chi connectivity index (χ1v) is 7.06. The van der Waals surface area contributed by atoms with Gasteiger partial charge < -0.3 is 10.1 Å². The standard InChI is InChI=1S/C14H19N5O3/c1-14(2,18-5-7-22-8-6-18)10-16-13-4-3-12(19(20)21)11(9-15)17-13/h3-4H,5-8,10H2,1-2H3,(H,16,17). The van der Waals surface area contributed by atoms with Crippen molar-refractivity contribution < 1.29 is 9.66 Å². The van der Waals surface area contributed by atoms with Crippen LogP contribution in [0.5, 0.6) is 0 Å². The zero-order valence-electron chi connectivity index (χ0n) is 12.7. The van der Waals surface area contributed by atoms with Gasteiger partial charge in [-0.2, -0.15) is 5.26 Å². The zero-order valence-corrected chi connectivity index (χ0v) is 12.7. The maximum absolute atomic E-state index is 10.8. The first kappa shape index (κ1) is 16.1. The summed E-state index contributed by atoms with van der Waals surface area (Å²) in [6, 6.07) is 4.58. The summed E-state index contributed by atoms with van der Waals surface area (Å²) in [5, 5.41) is 22.9. The maximum atomic E-state index is 10.8. The molecule has 1 aromatic rings. The molecule has 2 rings (SSSR count). The van der Waals surface area contributed by atoms with Gasteiger partial charge in [0.2, 0.25) is 5.69 Å². The lowest BCUT2D eigenvalue weighted by Crippen LogP contribution is -2.53. The Kier molecular flexibility index (Phi) is 4.90. The van der Waals surface area contributed by atoms with Crippen molar-refractivity contribution >= 4 is 11.5 Å². The van der Waals surface area contributed by atoms with Gasteiger partial charge in [0.05, 0.1) is 18.1 Å². The van der Waals surface area contributed by atoms with Gasteiger partial charge >= 0.3 is 5.69 Å². The quantitative estimate of drug-likeness (QED) is 0.647. The molecule has 0 saturated carbocycles. The number of rotatable bonds is 5.